The van der Waals surface area contributed by atoms with Gasteiger partial charge in [-0.2, -0.15) is 0 Å². The minimum atomic E-state index is -0.347. The van der Waals surface area contributed by atoms with Crippen LogP contribution in [0, 0.1) is 0 Å². The van der Waals surface area contributed by atoms with Gasteiger partial charge in [0.25, 0.3) is 0 Å². The second kappa shape index (κ2) is 5.73. The van der Waals surface area contributed by atoms with E-state index in [4.69, 9.17) is 14.3 Å². The zero-order valence-electron chi connectivity index (χ0n) is 11.3. The van der Waals surface area contributed by atoms with Gasteiger partial charge in [-0.15, -0.1) is 0 Å². The number of rotatable bonds is 4. The van der Waals surface area contributed by atoms with Crippen LogP contribution in [-0.2, 0) is 14.4 Å². The molecular weight excluding hydrogens is 246 g/mol. The molecule has 102 valence electrons. The maximum absolute atomic E-state index is 10.9. The molecule has 0 spiro atoms. The summed E-state index contributed by atoms with van der Waals surface area (Å²) in [5.41, 5.74) is 1.77. The molecule has 0 N–H and O–H groups in total. The molecule has 0 bridgehead atoms. The molecule has 1 aromatic carbocycles. The van der Waals surface area contributed by atoms with Gasteiger partial charge in [0.2, 0.25) is 0 Å². The van der Waals surface area contributed by atoms with Crippen LogP contribution in [0.25, 0.3) is 0 Å². The van der Waals surface area contributed by atoms with Crippen molar-refractivity contribution >= 4 is 11.7 Å². The summed E-state index contributed by atoms with van der Waals surface area (Å²) in [6.45, 7) is 3.17. The highest BCUT2D eigenvalue weighted by Gasteiger charge is 2.27. The average Bonchev–Trinajstić information content (AvgIpc) is 2.88. The number of esters is 1. The Morgan fingerprint density at radius 3 is 2.68 bits per heavy atom. The third-order valence-electron chi connectivity index (χ3n) is 2.99. The monoisotopic (exact) mass is 263 g/mol. The molecule has 5 nitrogen and oxygen atoms in total. The highest BCUT2D eigenvalue weighted by atomic mass is 16.6. The molecule has 2 atom stereocenters. The van der Waals surface area contributed by atoms with Crippen LogP contribution in [-0.4, -0.2) is 24.9 Å². The summed E-state index contributed by atoms with van der Waals surface area (Å²) in [6.07, 6.45) is 0.153. The number of methoxy groups -OCH3 is 1. The van der Waals surface area contributed by atoms with Gasteiger partial charge in [0.05, 0.1) is 7.11 Å². The Kier molecular flexibility index (Phi) is 4.04. The van der Waals surface area contributed by atoms with Gasteiger partial charge in [-0.05, 0) is 24.6 Å². The van der Waals surface area contributed by atoms with Crippen molar-refractivity contribution in [3.8, 4) is 5.75 Å². The molecule has 19 heavy (non-hydrogen) atoms. The average molecular weight is 263 g/mol. The third-order valence-corrected chi connectivity index (χ3v) is 2.99. The number of carbonyl (C=O) groups excluding carboxylic acids is 1. The fraction of sp³-hybridized carbons (Fsp3) is 0.429. The Morgan fingerprint density at radius 1 is 1.42 bits per heavy atom. The molecular formula is C14H17NO4. The number of nitrogens with zero attached hydrogens (tertiary/aromatic N) is 1. The number of hydrogen-bond acceptors (Lipinski definition) is 5. The second-order valence-corrected chi connectivity index (χ2v) is 4.41. The molecule has 0 saturated carbocycles. The van der Waals surface area contributed by atoms with Crippen LogP contribution in [0.5, 0.6) is 5.75 Å². The lowest BCUT2D eigenvalue weighted by atomic mass is 10.0. The molecule has 0 amide bonds. The van der Waals surface area contributed by atoms with Crippen LogP contribution in [0.15, 0.2) is 29.4 Å². The molecule has 5 heteroatoms. The predicted octanol–water partition coefficient (Wildman–Crippen LogP) is 2.46. The van der Waals surface area contributed by atoms with Crippen molar-refractivity contribution < 1.29 is 19.1 Å². The maximum atomic E-state index is 10.9. The number of oxime groups is 1. The summed E-state index contributed by atoms with van der Waals surface area (Å²) in [7, 11) is 1.63. The van der Waals surface area contributed by atoms with Gasteiger partial charge in [0.1, 0.15) is 17.6 Å². The van der Waals surface area contributed by atoms with Gasteiger partial charge in [0.15, 0.2) is 6.10 Å². The Hall–Kier alpha value is -2.04. The Labute approximate surface area is 112 Å². The van der Waals surface area contributed by atoms with Crippen molar-refractivity contribution in [2.24, 2.45) is 5.16 Å². The molecule has 2 rings (SSSR count). The van der Waals surface area contributed by atoms with Crippen LogP contribution in [0.1, 0.15) is 31.9 Å². The van der Waals surface area contributed by atoms with E-state index in [2.05, 4.69) is 5.16 Å². The Balaban J connectivity index is 1.97. The van der Waals surface area contributed by atoms with Crippen molar-refractivity contribution in [3.63, 3.8) is 0 Å². The molecule has 1 heterocycles. The summed E-state index contributed by atoms with van der Waals surface area (Å²) in [6, 6.07) is 7.65. The van der Waals surface area contributed by atoms with E-state index in [1.54, 1.807) is 14.0 Å². The lowest BCUT2D eigenvalue weighted by Gasteiger charge is -2.11. The quantitative estimate of drug-likeness (QED) is 0.783. The molecule has 1 unspecified atom stereocenters. The summed E-state index contributed by atoms with van der Waals surface area (Å²) in [5, 5.41) is 4.00. The van der Waals surface area contributed by atoms with Gasteiger partial charge < -0.3 is 14.3 Å². The first-order valence-electron chi connectivity index (χ1n) is 6.14. The van der Waals surface area contributed by atoms with E-state index in [1.165, 1.54) is 6.92 Å². The Bertz CT molecular complexity index is 481. The fourth-order valence-electron chi connectivity index (χ4n) is 1.95. The standard InChI is InChI=1S/C14H17NO4/c1-9(18-10(2)16)13-8-14(19-15-13)11-4-6-12(17-3)7-5-11/h4-7,9,14H,8H2,1-3H3/t9-,14?/m0/s1. The van der Waals surface area contributed by atoms with Crippen LogP contribution in [0.4, 0.5) is 0 Å². The van der Waals surface area contributed by atoms with Gasteiger partial charge in [-0.1, -0.05) is 17.3 Å². The van der Waals surface area contributed by atoms with E-state index in [1.807, 2.05) is 24.3 Å². The first kappa shape index (κ1) is 13.4. The minimum Gasteiger partial charge on any atom is -0.497 e. The lowest BCUT2D eigenvalue weighted by Crippen LogP contribution is -2.22. The van der Waals surface area contributed by atoms with Crippen LogP contribution in [0.2, 0.25) is 0 Å². The maximum Gasteiger partial charge on any atom is 0.303 e. The molecule has 0 fully saturated rings. The molecule has 1 aromatic rings. The molecule has 0 aromatic heterocycles. The summed E-state index contributed by atoms with van der Waals surface area (Å²) in [5.74, 6) is 0.485. The van der Waals surface area contributed by atoms with Crippen molar-refractivity contribution in [1.82, 2.24) is 0 Å². The van der Waals surface area contributed by atoms with E-state index in [-0.39, 0.29) is 18.2 Å². The number of carbonyl (C=O) groups is 1. The van der Waals surface area contributed by atoms with Crippen LogP contribution >= 0.6 is 0 Å². The van der Waals surface area contributed by atoms with E-state index in [0.29, 0.717) is 6.42 Å². The topological polar surface area (TPSA) is 57.1 Å². The summed E-state index contributed by atoms with van der Waals surface area (Å²) >= 11 is 0. The third kappa shape index (κ3) is 3.24. The minimum absolute atomic E-state index is 0.126. The number of hydrogen-bond donors (Lipinski definition) is 0. The van der Waals surface area contributed by atoms with E-state index in [0.717, 1.165) is 17.0 Å². The van der Waals surface area contributed by atoms with Crippen molar-refractivity contribution in [2.45, 2.75) is 32.5 Å². The normalized spacial score (nSPS) is 19.3. The van der Waals surface area contributed by atoms with Crippen molar-refractivity contribution in [3.05, 3.63) is 29.8 Å². The molecule has 1 aliphatic rings. The SMILES string of the molecule is COc1ccc(C2CC([C@H](C)OC(C)=O)=NO2)cc1. The van der Waals surface area contributed by atoms with Gasteiger partial charge >= 0.3 is 5.97 Å². The Morgan fingerprint density at radius 2 is 2.11 bits per heavy atom. The number of benzene rings is 1. The molecule has 0 aliphatic carbocycles. The molecule has 0 saturated heterocycles. The lowest BCUT2D eigenvalue weighted by molar-refractivity contribution is -0.142. The van der Waals surface area contributed by atoms with Crippen molar-refractivity contribution in [2.75, 3.05) is 7.11 Å². The summed E-state index contributed by atoms with van der Waals surface area (Å²) < 4.78 is 10.2. The van der Waals surface area contributed by atoms with E-state index in [9.17, 15) is 4.79 Å². The highest BCUT2D eigenvalue weighted by Crippen LogP contribution is 2.29. The first-order chi connectivity index (χ1) is 9.10. The second-order valence-electron chi connectivity index (χ2n) is 4.41. The highest BCUT2D eigenvalue weighted by molar-refractivity contribution is 5.90. The van der Waals surface area contributed by atoms with Crippen molar-refractivity contribution in [1.29, 1.82) is 0 Å². The van der Waals surface area contributed by atoms with Gasteiger partial charge in [-0.3, -0.25) is 4.79 Å². The van der Waals surface area contributed by atoms with Gasteiger partial charge in [-0.25, -0.2) is 0 Å². The first-order valence-corrected chi connectivity index (χ1v) is 6.14. The molecule has 0 radical (unpaired) electrons. The predicted molar refractivity (Wildman–Crippen MR) is 70.1 cm³/mol. The summed E-state index contributed by atoms with van der Waals surface area (Å²) in [4.78, 5) is 16.3. The van der Waals surface area contributed by atoms with E-state index < -0.39 is 0 Å². The van der Waals surface area contributed by atoms with Crippen LogP contribution < -0.4 is 4.74 Å². The van der Waals surface area contributed by atoms with Gasteiger partial charge in [0, 0.05) is 13.3 Å². The largest absolute Gasteiger partial charge is 0.497 e. The molecule has 1 aliphatic heterocycles. The van der Waals surface area contributed by atoms with Crippen LogP contribution in [0.3, 0.4) is 0 Å². The fourth-order valence-corrected chi connectivity index (χ4v) is 1.95. The smallest absolute Gasteiger partial charge is 0.303 e. The van der Waals surface area contributed by atoms with E-state index >= 15 is 0 Å². The number of ether oxygens (including phenoxy) is 2. The zero-order chi connectivity index (χ0) is 13.8. The zero-order valence-corrected chi connectivity index (χ0v) is 11.3.